The third kappa shape index (κ3) is 2.85. The highest BCUT2D eigenvalue weighted by molar-refractivity contribution is 9.10. The van der Waals surface area contributed by atoms with Gasteiger partial charge in [-0.2, -0.15) is 0 Å². The molecule has 0 spiro atoms. The molecular formula is C17H14BrNO2. The van der Waals surface area contributed by atoms with Gasteiger partial charge in [-0.3, -0.25) is 4.79 Å². The number of benzene rings is 2. The third-order valence-corrected chi connectivity index (χ3v) is 3.93. The first-order valence-corrected chi connectivity index (χ1v) is 7.38. The van der Waals surface area contributed by atoms with Crippen molar-refractivity contribution in [2.45, 2.75) is 6.54 Å². The smallest absolute Gasteiger partial charge is 0.182 e. The summed E-state index contributed by atoms with van der Waals surface area (Å²) in [5, 5.41) is 1.12. The summed E-state index contributed by atoms with van der Waals surface area (Å²) >= 11 is 3.47. The fraction of sp³-hybridized carbons (Fsp3) is 0.118. The molecule has 0 N–H and O–H groups in total. The lowest BCUT2D eigenvalue weighted by Crippen LogP contribution is -2.09. The lowest BCUT2D eigenvalue weighted by molar-refractivity contribution is 0.0973. The van der Waals surface area contributed by atoms with Crippen LogP contribution >= 0.6 is 15.9 Å². The van der Waals surface area contributed by atoms with Crippen molar-refractivity contribution in [2.24, 2.45) is 0 Å². The van der Waals surface area contributed by atoms with Crippen LogP contribution in [0.3, 0.4) is 0 Å². The van der Waals surface area contributed by atoms with Crippen molar-refractivity contribution >= 4 is 32.6 Å². The topological polar surface area (TPSA) is 31.2 Å². The molecule has 4 heteroatoms. The molecule has 3 rings (SSSR count). The highest BCUT2D eigenvalue weighted by Crippen LogP contribution is 2.21. The number of Topliss-reactive ketones (excluding diaryl/α,β-unsaturated/α-hetero) is 1. The van der Waals surface area contributed by atoms with Crippen LogP contribution in [0.25, 0.3) is 10.9 Å². The molecule has 0 aliphatic rings. The van der Waals surface area contributed by atoms with Crippen molar-refractivity contribution in [1.29, 1.82) is 0 Å². The van der Waals surface area contributed by atoms with Gasteiger partial charge in [-0.15, -0.1) is 0 Å². The van der Waals surface area contributed by atoms with Crippen molar-refractivity contribution in [3.63, 3.8) is 0 Å². The molecule has 21 heavy (non-hydrogen) atoms. The third-order valence-electron chi connectivity index (χ3n) is 3.44. The Morgan fingerprint density at radius 3 is 2.86 bits per heavy atom. The first-order valence-electron chi connectivity index (χ1n) is 6.59. The van der Waals surface area contributed by atoms with Gasteiger partial charge < -0.3 is 9.30 Å². The maximum Gasteiger partial charge on any atom is 0.182 e. The number of fused-ring (bicyclic) bond motifs is 1. The Morgan fingerprint density at radius 1 is 1.19 bits per heavy atom. The minimum atomic E-state index is 0.0615. The van der Waals surface area contributed by atoms with E-state index in [0.29, 0.717) is 17.9 Å². The van der Waals surface area contributed by atoms with E-state index in [1.807, 2.05) is 53.2 Å². The number of carbonyl (C=O) groups is 1. The number of hydrogen-bond acceptors (Lipinski definition) is 2. The molecule has 0 saturated heterocycles. The van der Waals surface area contributed by atoms with E-state index < -0.39 is 0 Å². The Labute approximate surface area is 131 Å². The quantitative estimate of drug-likeness (QED) is 0.661. The molecule has 3 nitrogen and oxygen atoms in total. The molecule has 0 unspecified atom stereocenters. The molecule has 3 aromatic rings. The van der Waals surface area contributed by atoms with Crippen molar-refractivity contribution < 1.29 is 9.53 Å². The number of ketones is 1. The average molecular weight is 344 g/mol. The van der Waals surface area contributed by atoms with Crippen LogP contribution in [0.4, 0.5) is 0 Å². The predicted molar refractivity (Wildman–Crippen MR) is 87.0 cm³/mol. The van der Waals surface area contributed by atoms with Gasteiger partial charge in [0.05, 0.1) is 13.7 Å². The number of hydrogen-bond donors (Lipinski definition) is 0. The van der Waals surface area contributed by atoms with Crippen LogP contribution < -0.4 is 4.74 Å². The van der Waals surface area contributed by atoms with E-state index in [2.05, 4.69) is 15.9 Å². The number of aromatic nitrogens is 1. The van der Waals surface area contributed by atoms with Crippen LogP contribution in [0, 0.1) is 0 Å². The molecule has 0 aliphatic heterocycles. The Balaban J connectivity index is 1.90. The number of methoxy groups -OCH3 is 1. The van der Waals surface area contributed by atoms with E-state index in [9.17, 15) is 4.79 Å². The van der Waals surface area contributed by atoms with Gasteiger partial charge in [0.1, 0.15) is 5.75 Å². The highest BCUT2D eigenvalue weighted by Gasteiger charge is 2.10. The molecule has 0 amide bonds. The first kappa shape index (κ1) is 13.9. The van der Waals surface area contributed by atoms with Gasteiger partial charge in [-0.1, -0.05) is 34.1 Å². The van der Waals surface area contributed by atoms with Crippen LogP contribution in [0.15, 0.2) is 59.2 Å². The summed E-state index contributed by atoms with van der Waals surface area (Å²) in [6.07, 6.45) is 1.94. The molecule has 0 aliphatic carbocycles. The van der Waals surface area contributed by atoms with Gasteiger partial charge in [-0.05, 0) is 35.7 Å². The fourth-order valence-corrected chi connectivity index (χ4v) is 2.69. The second-order valence-corrected chi connectivity index (χ2v) is 5.72. The largest absolute Gasteiger partial charge is 0.497 e. The Morgan fingerprint density at radius 2 is 2.05 bits per heavy atom. The lowest BCUT2D eigenvalue weighted by Gasteiger charge is -2.07. The van der Waals surface area contributed by atoms with Crippen LogP contribution in [0.2, 0.25) is 0 Å². The summed E-state index contributed by atoms with van der Waals surface area (Å²) in [6.45, 7) is 0.313. The first-order chi connectivity index (χ1) is 10.2. The summed E-state index contributed by atoms with van der Waals surface area (Å²) < 4.78 is 8.12. The van der Waals surface area contributed by atoms with Crippen LogP contribution in [-0.2, 0) is 6.54 Å². The van der Waals surface area contributed by atoms with E-state index in [1.165, 1.54) is 0 Å². The number of halogens is 1. The average Bonchev–Trinajstić information content (AvgIpc) is 2.89. The minimum absolute atomic E-state index is 0.0615. The lowest BCUT2D eigenvalue weighted by atomic mass is 10.1. The fourth-order valence-electron chi connectivity index (χ4n) is 2.34. The molecule has 0 atom stereocenters. The Bertz CT molecular complexity index is 807. The van der Waals surface area contributed by atoms with Gasteiger partial charge in [0, 0.05) is 21.7 Å². The monoisotopic (exact) mass is 343 g/mol. The van der Waals surface area contributed by atoms with Crippen molar-refractivity contribution in [3.05, 3.63) is 64.8 Å². The number of ether oxygens (including phenoxy) is 1. The molecule has 0 saturated carbocycles. The highest BCUT2D eigenvalue weighted by atomic mass is 79.9. The van der Waals surface area contributed by atoms with E-state index in [0.717, 1.165) is 15.4 Å². The second kappa shape index (κ2) is 5.74. The molecule has 0 fully saturated rings. The van der Waals surface area contributed by atoms with Crippen molar-refractivity contribution in [2.75, 3.05) is 7.11 Å². The van der Waals surface area contributed by atoms with Gasteiger partial charge in [-0.25, -0.2) is 0 Å². The van der Waals surface area contributed by atoms with Gasteiger partial charge in [0.25, 0.3) is 0 Å². The van der Waals surface area contributed by atoms with Crippen LogP contribution in [0.5, 0.6) is 5.75 Å². The van der Waals surface area contributed by atoms with Crippen LogP contribution in [0.1, 0.15) is 10.4 Å². The molecule has 106 valence electrons. The Kier molecular flexibility index (Phi) is 3.80. The maximum atomic E-state index is 12.4. The number of nitrogens with zero attached hydrogens (tertiary/aromatic N) is 1. The standard InChI is InChI=1S/C17H14BrNO2/c1-21-15-4-2-3-13(9-15)17(20)11-19-8-7-12-5-6-14(18)10-16(12)19/h2-10H,11H2,1H3. The molecular weight excluding hydrogens is 330 g/mol. The van der Waals surface area contributed by atoms with E-state index >= 15 is 0 Å². The number of carbonyl (C=O) groups excluding carboxylic acids is 1. The van der Waals surface area contributed by atoms with Gasteiger partial charge >= 0.3 is 0 Å². The summed E-state index contributed by atoms with van der Waals surface area (Å²) in [5.74, 6) is 0.757. The second-order valence-electron chi connectivity index (χ2n) is 4.80. The summed E-state index contributed by atoms with van der Waals surface area (Å²) in [5.41, 5.74) is 1.70. The molecule has 2 aromatic carbocycles. The van der Waals surface area contributed by atoms with Gasteiger partial charge in [0.2, 0.25) is 0 Å². The van der Waals surface area contributed by atoms with Crippen LogP contribution in [-0.4, -0.2) is 17.5 Å². The van der Waals surface area contributed by atoms with Gasteiger partial charge in [0.15, 0.2) is 5.78 Å². The molecule has 1 aromatic heterocycles. The molecule has 0 radical (unpaired) electrons. The zero-order valence-electron chi connectivity index (χ0n) is 11.5. The summed E-state index contributed by atoms with van der Waals surface area (Å²) in [6, 6.07) is 15.3. The normalized spacial score (nSPS) is 10.8. The van der Waals surface area contributed by atoms with E-state index in [1.54, 1.807) is 13.2 Å². The predicted octanol–water partition coefficient (Wildman–Crippen LogP) is 4.30. The minimum Gasteiger partial charge on any atom is -0.497 e. The van der Waals surface area contributed by atoms with Crippen molar-refractivity contribution in [1.82, 2.24) is 4.57 Å². The maximum absolute atomic E-state index is 12.4. The summed E-state index contributed by atoms with van der Waals surface area (Å²) in [4.78, 5) is 12.4. The Hall–Kier alpha value is -2.07. The summed E-state index contributed by atoms with van der Waals surface area (Å²) in [7, 11) is 1.60. The van der Waals surface area contributed by atoms with E-state index in [-0.39, 0.29) is 5.78 Å². The SMILES string of the molecule is COc1cccc(C(=O)Cn2ccc3ccc(Br)cc32)c1. The zero-order chi connectivity index (χ0) is 14.8. The molecule has 1 heterocycles. The molecule has 0 bridgehead atoms. The zero-order valence-corrected chi connectivity index (χ0v) is 13.1. The van der Waals surface area contributed by atoms with E-state index in [4.69, 9.17) is 4.74 Å². The number of rotatable bonds is 4. The van der Waals surface area contributed by atoms with Crippen molar-refractivity contribution in [3.8, 4) is 5.75 Å².